The van der Waals surface area contributed by atoms with Crippen LogP contribution in [0, 0.1) is 0 Å². The van der Waals surface area contributed by atoms with Crippen molar-refractivity contribution in [2.75, 3.05) is 7.11 Å². The van der Waals surface area contributed by atoms with E-state index in [0.29, 0.717) is 22.8 Å². The molecule has 0 radical (unpaired) electrons. The molecule has 0 aliphatic heterocycles. The second-order valence-corrected chi connectivity index (χ2v) is 17.4. The number of carbonyl (C=O) groups excluding carboxylic acids is 1. The van der Waals surface area contributed by atoms with E-state index in [-0.39, 0.29) is 5.78 Å². The van der Waals surface area contributed by atoms with Gasteiger partial charge in [-0.2, -0.15) is 0 Å². The van der Waals surface area contributed by atoms with Crippen LogP contribution in [0.2, 0.25) is 39.3 Å². The van der Waals surface area contributed by atoms with Crippen LogP contribution in [0.25, 0.3) is 6.08 Å². The Hall–Kier alpha value is -2.32. The van der Waals surface area contributed by atoms with Crippen LogP contribution in [0.4, 0.5) is 0 Å². The second-order valence-electron chi connectivity index (χ2n) is 8.53. The number of methoxy groups -OCH3 is 1. The van der Waals surface area contributed by atoms with Crippen molar-refractivity contribution in [2.24, 2.45) is 0 Å². The molecule has 28 heavy (non-hydrogen) atoms. The summed E-state index contributed by atoms with van der Waals surface area (Å²) in [6.07, 6.45) is 3.37. The number of benzene rings is 2. The van der Waals surface area contributed by atoms with Crippen molar-refractivity contribution in [3.05, 3.63) is 59.7 Å². The highest BCUT2D eigenvalue weighted by Crippen LogP contribution is 2.38. The second kappa shape index (κ2) is 8.79. The summed E-state index contributed by atoms with van der Waals surface area (Å²) in [4.78, 5) is 12.6. The normalized spacial score (nSPS) is 12.1. The first kappa shape index (κ1) is 22.0. The van der Waals surface area contributed by atoms with E-state index in [9.17, 15) is 4.79 Å². The molecule has 2 rings (SSSR count). The van der Waals surface area contributed by atoms with Crippen LogP contribution < -0.4 is 13.6 Å². The average Bonchev–Trinajstić information content (AvgIpc) is 2.58. The molecule has 0 bridgehead atoms. The van der Waals surface area contributed by atoms with E-state index in [1.807, 2.05) is 30.3 Å². The van der Waals surface area contributed by atoms with Gasteiger partial charge in [0.2, 0.25) is 16.6 Å². The Labute approximate surface area is 170 Å². The minimum absolute atomic E-state index is 0.0608. The third kappa shape index (κ3) is 6.69. The number of ether oxygens (including phenoxy) is 1. The Balaban J connectivity index is 2.53. The average molecular weight is 415 g/mol. The molecule has 0 saturated heterocycles. The molecule has 0 aliphatic carbocycles. The number of carbonyl (C=O) groups is 1. The van der Waals surface area contributed by atoms with Gasteiger partial charge in [-0.15, -0.1) is 0 Å². The maximum Gasteiger partial charge on any atom is 0.242 e. The minimum Gasteiger partial charge on any atom is -0.544 e. The van der Waals surface area contributed by atoms with Gasteiger partial charge in [-0.1, -0.05) is 30.3 Å². The highest BCUT2D eigenvalue weighted by Gasteiger charge is 2.24. The quantitative estimate of drug-likeness (QED) is 0.301. The predicted molar refractivity (Wildman–Crippen MR) is 121 cm³/mol. The van der Waals surface area contributed by atoms with Gasteiger partial charge in [0.25, 0.3) is 0 Å². The lowest BCUT2D eigenvalue weighted by Crippen LogP contribution is -2.31. The third-order valence-electron chi connectivity index (χ3n) is 3.61. The predicted octanol–water partition coefficient (Wildman–Crippen LogP) is 6.02. The zero-order chi connectivity index (χ0) is 20.9. The maximum absolute atomic E-state index is 12.6. The van der Waals surface area contributed by atoms with Gasteiger partial charge in [0.15, 0.2) is 5.78 Å². The van der Waals surface area contributed by atoms with Gasteiger partial charge in [0.1, 0.15) is 17.2 Å². The Bertz CT molecular complexity index is 810. The first-order valence-corrected chi connectivity index (χ1v) is 16.2. The number of ketones is 1. The van der Waals surface area contributed by atoms with Crippen molar-refractivity contribution in [2.45, 2.75) is 39.3 Å². The molecule has 0 unspecified atom stereocenters. The molecule has 2 aromatic rings. The van der Waals surface area contributed by atoms with E-state index in [4.69, 9.17) is 13.6 Å². The van der Waals surface area contributed by atoms with Gasteiger partial charge in [-0.25, -0.2) is 0 Å². The van der Waals surface area contributed by atoms with Gasteiger partial charge >= 0.3 is 0 Å². The zero-order valence-electron chi connectivity index (χ0n) is 17.8. The Morgan fingerprint density at radius 2 is 1.36 bits per heavy atom. The molecule has 2 aromatic carbocycles. The van der Waals surface area contributed by atoms with Gasteiger partial charge in [0.05, 0.1) is 12.7 Å². The van der Waals surface area contributed by atoms with E-state index in [1.54, 1.807) is 31.4 Å². The van der Waals surface area contributed by atoms with Crippen molar-refractivity contribution in [1.82, 2.24) is 0 Å². The summed E-state index contributed by atoms with van der Waals surface area (Å²) >= 11 is 0. The molecule has 0 saturated carbocycles. The van der Waals surface area contributed by atoms with Crippen LogP contribution in [-0.4, -0.2) is 29.5 Å². The Morgan fingerprint density at radius 3 is 1.79 bits per heavy atom. The number of hydrogen-bond acceptors (Lipinski definition) is 4. The summed E-state index contributed by atoms with van der Waals surface area (Å²) in [5.74, 6) is 1.98. The fraction of sp³-hybridized carbons (Fsp3) is 0.318. The molecule has 0 heterocycles. The van der Waals surface area contributed by atoms with Gasteiger partial charge in [-0.05, 0) is 51.4 Å². The van der Waals surface area contributed by atoms with Gasteiger partial charge in [-0.3, -0.25) is 4.79 Å². The van der Waals surface area contributed by atoms with Gasteiger partial charge in [0, 0.05) is 17.7 Å². The molecule has 0 N–H and O–H groups in total. The standard InChI is InChI=1S/C22H30O4Si2/c1-24-18-15-21(25-27(2,3)4)19(22(16-18)26-28(5,6)7)13-14-20(23)17-11-9-8-10-12-17/h8-16H,1-7H3/b14-13+. The highest BCUT2D eigenvalue weighted by molar-refractivity contribution is 6.71. The summed E-state index contributed by atoms with van der Waals surface area (Å²) in [6.45, 7) is 12.7. The van der Waals surface area contributed by atoms with Crippen molar-refractivity contribution in [3.63, 3.8) is 0 Å². The van der Waals surface area contributed by atoms with E-state index >= 15 is 0 Å². The molecule has 150 valence electrons. The first-order valence-electron chi connectivity index (χ1n) is 9.36. The fourth-order valence-electron chi connectivity index (χ4n) is 2.55. The van der Waals surface area contributed by atoms with Crippen molar-refractivity contribution >= 4 is 28.5 Å². The molecule has 0 atom stereocenters. The topological polar surface area (TPSA) is 44.8 Å². The first-order chi connectivity index (χ1) is 13.0. The summed E-state index contributed by atoms with van der Waals surface area (Å²) < 4.78 is 18.1. The van der Waals surface area contributed by atoms with Crippen LogP contribution >= 0.6 is 0 Å². The van der Waals surface area contributed by atoms with E-state index in [1.165, 1.54) is 0 Å². The van der Waals surface area contributed by atoms with Crippen molar-refractivity contribution < 1.29 is 18.4 Å². The number of hydrogen-bond donors (Lipinski definition) is 0. The molecular weight excluding hydrogens is 384 g/mol. The van der Waals surface area contributed by atoms with Crippen LogP contribution in [0.15, 0.2) is 48.5 Å². The van der Waals surface area contributed by atoms with E-state index in [0.717, 1.165) is 5.56 Å². The van der Waals surface area contributed by atoms with Crippen molar-refractivity contribution in [3.8, 4) is 17.2 Å². The van der Waals surface area contributed by atoms with Crippen LogP contribution in [0.3, 0.4) is 0 Å². The molecule has 0 amide bonds. The van der Waals surface area contributed by atoms with Crippen LogP contribution in [-0.2, 0) is 0 Å². The minimum atomic E-state index is -1.89. The Kier molecular flexibility index (Phi) is 6.90. The van der Waals surface area contributed by atoms with Crippen LogP contribution in [0.1, 0.15) is 15.9 Å². The fourth-order valence-corrected chi connectivity index (χ4v) is 4.20. The number of rotatable bonds is 8. The largest absolute Gasteiger partial charge is 0.544 e. The lowest BCUT2D eigenvalue weighted by atomic mass is 10.1. The van der Waals surface area contributed by atoms with Crippen molar-refractivity contribution in [1.29, 1.82) is 0 Å². The maximum atomic E-state index is 12.6. The lowest BCUT2D eigenvalue weighted by Gasteiger charge is -2.26. The monoisotopic (exact) mass is 414 g/mol. The number of allylic oxidation sites excluding steroid dienone is 1. The summed E-state index contributed by atoms with van der Waals surface area (Å²) in [5.41, 5.74) is 1.42. The van der Waals surface area contributed by atoms with E-state index in [2.05, 4.69) is 39.3 Å². The molecule has 0 aliphatic rings. The third-order valence-corrected chi connectivity index (χ3v) is 5.27. The SMILES string of the molecule is COc1cc(O[Si](C)(C)C)c(/C=C/C(=O)c2ccccc2)c(O[Si](C)(C)C)c1. The molecule has 0 spiro atoms. The van der Waals surface area contributed by atoms with Crippen LogP contribution in [0.5, 0.6) is 17.2 Å². The van der Waals surface area contributed by atoms with Gasteiger partial charge < -0.3 is 13.6 Å². The summed E-state index contributed by atoms with van der Waals surface area (Å²) in [7, 11) is -2.15. The smallest absolute Gasteiger partial charge is 0.242 e. The molecule has 0 aromatic heterocycles. The molecule has 0 fully saturated rings. The highest BCUT2D eigenvalue weighted by atomic mass is 28.4. The molecular formula is C22H30O4Si2. The molecule has 6 heteroatoms. The lowest BCUT2D eigenvalue weighted by molar-refractivity contribution is 0.104. The molecule has 4 nitrogen and oxygen atoms in total. The zero-order valence-corrected chi connectivity index (χ0v) is 19.8. The Morgan fingerprint density at radius 1 is 0.857 bits per heavy atom. The summed E-state index contributed by atoms with van der Waals surface area (Å²) in [6, 6.07) is 12.9. The summed E-state index contributed by atoms with van der Waals surface area (Å²) in [5, 5.41) is 0. The van der Waals surface area contributed by atoms with E-state index < -0.39 is 16.6 Å².